The SMILES string of the molecule is O=C(COc1ccccc1C=C1C(=O)NC(=S)N(c2ccccc2)C1=O)Nc1ccc(F)cc1. The van der Waals surface area contributed by atoms with E-state index in [-0.39, 0.29) is 17.3 Å². The lowest BCUT2D eigenvalue weighted by Crippen LogP contribution is -2.54. The molecule has 1 aliphatic rings. The Morgan fingerprint density at radius 2 is 1.68 bits per heavy atom. The van der Waals surface area contributed by atoms with E-state index in [2.05, 4.69) is 10.6 Å². The number of rotatable bonds is 6. The van der Waals surface area contributed by atoms with Crippen molar-refractivity contribution in [3.8, 4) is 5.75 Å². The third-order valence-electron chi connectivity index (χ3n) is 4.82. The minimum Gasteiger partial charge on any atom is -0.483 e. The van der Waals surface area contributed by atoms with Crippen molar-refractivity contribution in [2.24, 2.45) is 0 Å². The van der Waals surface area contributed by atoms with Gasteiger partial charge in [-0.25, -0.2) is 4.39 Å². The summed E-state index contributed by atoms with van der Waals surface area (Å²) in [7, 11) is 0. The van der Waals surface area contributed by atoms with Gasteiger partial charge in [0.2, 0.25) is 0 Å². The van der Waals surface area contributed by atoms with Gasteiger partial charge in [0.25, 0.3) is 17.7 Å². The maximum Gasteiger partial charge on any atom is 0.270 e. The molecule has 2 N–H and O–H groups in total. The molecule has 1 heterocycles. The predicted octanol–water partition coefficient (Wildman–Crippen LogP) is 3.67. The Balaban J connectivity index is 1.53. The van der Waals surface area contributed by atoms with Gasteiger partial charge in [0.15, 0.2) is 11.7 Å². The van der Waals surface area contributed by atoms with Gasteiger partial charge in [-0.2, -0.15) is 0 Å². The van der Waals surface area contributed by atoms with Gasteiger partial charge in [0, 0.05) is 11.3 Å². The first-order valence-electron chi connectivity index (χ1n) is 10.2. The van der Waals surface area contributed by atoms with E-state index in [1.807, 2.05) is 0 Å². The van der Waals surface area contributed by atoms with Gasteiger partial charge >= 0.3 is 0 Å². The van der Waals surface area contributed by atoms with Gasteiger partial charge in [-0.05, 0) is 60.8 Å². The normalized spacial score (nSPS) is 14.7. The van der Waals surface area contributed by atoms with Crippen LogP contribution < -0.4 is 20.3 Å². The van der Waals surface area contributed by atoms with Crippen LogP contribution in [0.25, 0.3) is 6.08 Å². The standard InChI is InChI=1S/C25H18FN3O4S/c26-17-10-12-18(13-11-17)27-22(30)15-33-21-9-5-4-6-16(21)14-20-23(31)28-25(34)29(24(20)32)19-7-2-1-3-8-19/h1-14H,15H2,(H,27,30)(H,28,31,34). The van der Waals surface area contributed by atoms with Crippen molar-refractivity contribution in [3.63, 3.8) is 0 Å². The topological polar surface area (TPSA) is 87.7 Å². The molecule has 9 heteroatoms. The number of hydrogen-bond donors (Lipinski definition) is 2. The third-order valence-corrected chi connectivity index (χ3v) is 5.11. The average Bonchev–Trinajstić information content (AvgIpc) is 2.83. The minimum absolute atomic E-state index is 0.0136. The number of halogens is 1. The summed E-state index contributed by atoms with van der Waals surface area (Å²) in [6.45, 7) is -0.335. The molecule has 170 valence electrons. The van der Waals surface area contributed by atoms with Crippen molar-refractivity contribution in [3.05, 3.63) is 95.8 Å². The summed E-state index contributed by atoms with van der Waals surface area (Å²) in [4.78, 5) is 39.2. The van der Waals surface area contributed by atoms with E-state index in [1.165, 1.54) is 35.2 Å². The number of ether oxygens (including phenoxy) is 1. The molecule has 0 spiro atoms. The molecular weight excluding hydrogens is 457 g/mol. The van der Waals surface area contributed by atoms with Crippen LogP contribution in [0.2, 0.25) is 0 Å². The molecule has 0 aromatic heterocycles. The maximum absolute atomic E-state index is 13.1. The Kier molecular flexibility index (Phi) is 6.74. The average molecular weight is 476 g/mol. The highest BCUT2D eigenvalue weighted by atomic mass is 32.1. The Labute approximate surface area is 199 Å². The monoisotopic (exact) mass is 475 g/mol. The molecule has 0 bridgehead atoms. The molecule has 3 amide bonds. The lowest BCUT2D eigenvalue weighted by molar-refractivity contribution is -0.122. The van der Waals surface area contributed by atoms with Crippen molar-refractivity contribution < 1.29 is 23.5 Å². The van der Waals surface area contributed by atoms with Crippen LogP contribution in [-0.2, 0) is 14.4 Å². The summed E-state index contributed by atoms with van der Waals surface area (Å²) in [6, 6.07) is 20.7. The molecule has 3 aromatic carbocycles. The first kappa shape index (κ1) is 22.8. The quantitative estimate of drug-likeness (QED) is 0.323. The molecular formula is C25H18FN3O4S. The number of thiocarbonyl (C=S) groups is 1. The molecule has 1 fully saturated rings. The molecule has 0 unspecified atom stereocenters. The largest absolute Gasteiger partial charge is 0.483 e. The van der Waals surface area contributed by atoms with E-state index in [1.54, 1.807) is 54.6 Å². The van der Waals surface area contributed by atoms with Gasteiger partial charge < -0.3 is 10.1 Å². The Hall–Kier alpha value is -4.37. The smallest absolute Gasteiger partial charge is 0.270 e. The van der Waals surface area contributed by atoms with Crippen LogP contribution >= 0.6 is 12.2 Å². The number of nitrogens with one attached hydrogen (secondary N) is 2. The molecule has 0 atom stereocenters. The van der Waals surface area contributed by atoms with Crippen molar-refractivity contribution in [2.45, 2.75) is 0 Å². The van der Waals surface area contributed by atoms with Crippen LogP contribution in [0.3, 0.4) is 0 Å². The number of nitrogens with zero attached hydrogens (tertiary/aromatic N) is 1. The highest BCUT2D eigenvalue weighted by Crippen LogP contribution is 2.25. The lowest BCUT2D eigenvalue weighted by Gasteiger charge is -2.28. The zero-order chi connectivity index (χ0) is 24.1. The predicted molar refractivity (Wildman–Crippen MR) is 130 cm³/mol. The fourth-order valence-electron chi connectivity index (χ4n) is 3.23. The van der Waals surface area contributed by atoms with E-state index in [4.69, 9.17) is 17.0 Å². The second-order valence-electron chi connectivity index (χ2n) is 7.17. The fraction of sp³-hybridized carbons (Fsp3) is 0.0400. The number of carbonyl (C=O) groups is 3. The first-order valence-corrected chi connectivity index (χ1v) is 10.6. The highest BCUT2D eigenvalue weighted by molar-refractivity contribution is 7.80. The molecule has 3 aromatic rings. The summed E-state index contributed by atoms with van der Waals surface area (Å²) in [5, 5.41) is 5.11. The lowest BCUT2D eigenvalue weighted by atomic mass is 10.1. The minimum atomic E-state index is -0.633. The summed E-state index contributed by atoms with van der Waals surface area (Å²) >= 11 is 5.19. The number of para-hydroxylation sites is 2. The van der Waals surface area contributed by atoms with Gasteiger partial charge in [0.05, 0.1) is 5.69 Å². The second-order valence-corrected chi connectivity index (χ2v) is 7.56. The number of anilines is 2. The zero-order valence-corrected chi connectivity index (χ0v) is 18.5. The van der Waals surface area contributed by atoms with Crippen molar-refractivity contribution >= 4 is 52.5 Å². The molecule has 1 saturated heterocycles. The van der Waals surface area contributed by atoms with Gasteiger partial charge in [0.1, 0.15) is 17.1 Å². The second kappa shape index (κ2) is 10.1. The van der Waals surface area contributed by atoms with Gasteiger partial charge in [-0.15, -0.1) is 0 Å². The van der Waals surface area contributed by atoms with E-state index in [9.17, 15) is 18.8 Å². The van der Waals surface area contributed by atoms with Crippen molar-refractivity contribution in [2.75, 3.05) is 16.8 Å². The van der Waals surface area contributed by atoms with Crippen LogP contribution in [0.4, 0.5) is 15.8 Å². The first-order chi connectivity index (χ1) is 16.4. The third kappa shape index (κ3) is 5.16. The van der Waals surface area contributed by atoms with E-state index < -0.39 is 23.5 Å². The Morgan fingerprint density at radius 1 is 1.00 bits per heavy atom. The summed E-state index contributed by atoms with van der Waals surface area (Å²) in [5.74, 6) is -1.79. The fourth-order valence-corrected chi connectivity index (χ4v) is 3.51. The van der Waals surface area contributed by atoms with Crippen molar-refractivity contribution in [1.29, 1.82) is 0 Å². The van der Waals surface area contributed by atoms with Crippen molar-refractivity contribution in [1.82, 2.24) is 5.32 Å². The van der Waals surface area contributed by atoms with Crippen LogP contribution in [0.15, 0.2) is 84.4 Å². The maximum atomic E-state index is 13.1. The molecule has 0 aliphatic carbocycles. The molecule has 0 radical (unpaired) electrons. The van der Waals surface area contributed by atoms with Gasteiger partial charge in [-0.1, -0.05) is 36.4 Å². The number of carbonyl (C=O) groups excluding carboxylic acids is 3. The molecule has 7 nitrogen and oxygen atoms in total. The van der Waals surface area contributed by atoms with Crippen LogP contribution in [-0.4, -0.2) is 29.4 Å². The molecule has 0 saturated carbocycles. The summed E-state index contributed by atoms with van der Waals surface area (Å²) in [5.41, 5.74) is 1.23. The molecule has 1 aliphatic heterocycles. The highest BCUT2D eigenvalue weighted by Gasteiger charge is 2.34. The van der Waals surface area contributed by atoms with E-state index in [0.717, 1.165) is 0 Å². The number of hydrogen-bond acceptors (Lipinski definition) is 5. The van der Waals surface area contributed by atoms with Crippen LogP contribution in [0.5, 0.6) is 5.75 Å². The van der Waals surface area contributed by atoms with Gasteiger partial charge in [-0.3, -0.25) is 24.6 Å². The van der Waals surface area contributed by atoms with E-state index in [0.29, 0.717) is 22.7 Å². The van der Waals surface area contributed by atoms with E-state index >= 15 is 0 Å². The number of amides is 3. The van der Waals surface area contributed by atoms with Crippen LogP contribution in [0.1, 0.15) is 5.56 Å². The number of benzene rings is 3. The molecule has 4 rings (SSSR count). The Morgan fingerprint density at radius 3 is 2.41 bits per heavy atom. The van der Waals surface area contributed by atoms with Crippen LogP contribution in [0, 0.1) is 5.82 Å². The summed E-state index contributed by atoms with van der Waals surface area (Å²) < 4.78 is 18.6. The zero-order valence-electron chi connectivity index (χ0n) is 17.7. The Bertz CT molecular complexity index is 1290. The molecule has 34 heavy (non-hydrogen) atoms. The summed E-state index contributed by atoms with van der Waals surface area (Å²) in [6.07, 6.45) is 1.39.